The number of para-hydroxylation sites is 2. The molecule has 0 aliphatic rings. The fourth-order valence-corrected chi connectivity index (χ4v) is 10.9. The monoisotopic (exact) mass is 1220 g/mol. The van der Waals surface area contributed by atoms with Crippen molar-refractivity contribution in [3.8, 4) is 61.8 Å². The maximum absolute atomic E-state index is 6.73. The normalized spacial score (nSPS) is 11.5. The van der Waals surface area contributed by atoms with Gasteiger partial charge in [-0.15, -0.1) is 90.0 Å². The molecule has 0 fully saturated rings. The Morgan fingerprint density at radius 3 is 1.62 bits per heavy atom. The number of aromatic nitrogens is 4. The summed E-state index contributed by atoms with van der Waals surface area (Å²) in [6.45, 7) is 22.7. The second-order valence-corrected chi connectivity index (χ2v) is 27.7. The average molecular weight is 1220 g/mol. The van der Waals surface area contributed by atoms with E-state index in [1.807, 2.05) is 73.1 Å². The summed E-state index contributed by atoms with van der Waals surface area (Å²) >= 11 is 0. The van der Waals surface area contributed by atoms with E-state index in [1.165, 1.54) is 44.3 Å². The van der Waals surface area contributed by atoms with Crippen LogP contribution in [0.4, 0.5) is 0 Å². The molecule has 0 unspecified atom stereocenters. The van der Waals surface area contributed by atoms with Crippen LogP contribution in [0.2, 0.25) is 19.6 Å². The van der Waals surface area contributed by atoms with Gasteiger partial charge in [-0.2, -0.15) is 0 Å². The molecule has 394 valence electrons. The second kappa shape index (κ2) is 24.1. The molecule has 0 spiro atoms. The maximum Gasteiger partial charge on any atom is 3.00 e. The molecular formula is C72H67IrN4OSi. The van der Waals surface area contributed by atoms with Crippen molar-refractivity contribution in [2.45, 2.75) is 85.4 Å². The topological polar surface area (TPSA) is 56.7 Å². The van der Waals surface area contributed by atoms with Crippen LogP contribution in [0.3, 0.4) is 0 Å². The molecule has 0 N–H and O–H groups in total. The number of furan rings is 1. The molecule has 0 radical (unpaired) electrons. The van der Waals surface area contributed by atoms with Gasteiger partial charge in [0.2, 0.25) is 0 Å². The maximum atomic E-state index is 6.73. The van der Waals surface area contributed by atoms with Crippen LogP contribution in [-0.2, 0) is 25.5 Å². The van der Waals surface area contributed by atoms with Gasteiger partial charge in [0.25, 0.3) is 0 Å². The molecule has 0 saturated heterocycles. The van der Waals surface area contributed by atoms with Gasteiger partial charge in [0.1, 0.15) is 5.58 Å². The zero-order valence-electron chi connectivity index (χ0n) is 46.9. The Kier molecular flexibility index (Phi) is 17.0. The van der Waals surface area contributed by atoms with E-state index in [1.54, 1.807) is 0 Å². The van der Waals surface area contributed by atoms with E-state index in [2.05, 4.69) is 240 Å². The van der Waals surface area contributed by atoms with Crippen LogP contribution < -0.4 is 5.19 Å². The molecule has 7 heteroatoms. The predicted octanol–water partition coefficient (Wildman–Crippen LogP) is 18.9. The van der Waals surface area contributed by atoms with E-state index in [9.17, 15) is 0 Å². The Balaban J connectivity index is 0.000000187. The third-order valence-corrected chi connectivity index (χ3v) is 16.3. The van der Waals surface area contributed by atoms with Crippen LogP contribution in [0.25, 0.3) is 94.8 Å². The van der Waals surface area contributed by atoms with Crippen molar-refractivity contribution >= 4 is 46.2 Å². The molecule has 79 heavy (non-hydrogen) atoms. The second-order valence-electron chi connectivity index (χ2n) is 22.6. The molecule has 0 amide bonds. The Morgan fingerprint density at radius 2 is 1.09 bits per heavy atom. The number of hydrogen-bond acceptors (Lipinski definition) is 4. The van der Waals surface area contributed by atoms with Gasteiger partial charge in [0, 0.05) is 23.5 Å². The molecule has 4 heterocycles. The molecule has 4 aromatic heterocycles. The predicted molar refractivity (Wildman–Crippen MR) is 330 cm³/mol. The number of benzene rings is 8. The summed E-state index contributed by atoms with van der Waals surface area (Å²) in [7, 11) is -1.23. The summed E-state index contributed by atoms with van der Waals surface area (Å²) in [6, 6.07) is 79.2. The number of imidazole rings is 1. The largest absolute Gasteiger partial charge is 3.00 e. The molecular weight excluding hydrogens is 1160 g/mol. The van der Waals surface area contributed by atoms with Crippen molar-refractivity contribution < 1.29 is 24.5 Å². The van der Waals surface area contributed by atoms with E-state index >= 15 is 0 Å². The van der Waals surface area contributed by atoms with Crippen LogP contribution in [0.5, 0.6) is 0 Å². The Hall–Kier alpha value is -7.80. The quantitative estimate of drug-likeness (QED) is 0.107. The third kappa shape index (κ3) is 12.4. The minimum Gasteiger partial charge on any atom is -0.501 e. The number of pyridine rings is 2. The number of hydrogen-bond donors (Lipinski definition) is 0. The van der Waals surface area contributed by atoms with Crippen LogP contribution >= 0.6 is 0 Å². The molecule has 12 aromatic rings. The van der Waals surface area contributed by atoms with Crippen molar-refractivity contribution in [2.24, 2.45) is 0 Å². The summed E-state index contributed by atoms with van der Waals surface area (Å²) in [5.41, 5.74) is 18.6. The molecule has 0 saturated carbocycles. The summed E-state index contributed by atoms with van der Waals surface area (Å²) < 4.78 is 9.10. The molecule has 0 aliphatic carbocycles. The Bertz CT molecular complexity index is 3830. The molecule has 5 nitrogen and oxygen atoms in total. The van der Waals surface area contributed by atoms with E-state index in [-0.39, 0.29) is 37.4 Å². The van der Waals surface area contributed by atoms with Gasteiger partial charge in [-0.3, -0.25) is 4.98 Å². The van der Waals surface area contributed by atoms with Gasteiger partial charge >= 0.3 is 20.1 Å². The Labute approximate surface area is 481 Å². The summed E-state index contributed by atoms with van der Waals surface area (Å²) in [6.07, 6.45) is 3.97. The van der Waals surface area contributed by atoms with E-state index in [0.717, 1.165) is 72.4 Å². The zero-order valence-corrected chi connectivity index (χ0v) is 50.3. The van der Waals surface area contributed by atoms with Crippen LogP contribution in [0, 0.1) is 18.2 Å². The van der Waals surface area contributed by atoms with Crippen molar-refractivity contribution in [1.29, 1.82) is 0 Å². The summed E-state index contributed by atoms with van der Waals surface area (Å²) in [5.74, 6) is 1.41. The third-order valence-electron chi connectivity index (χ3n) is 14.3. The first-order chi connectivity index (χ1) is 37.6. The van der Waals surface area contributed by atoms with Crippen molar-refractivity contribution in [1.82, 2.24) is 19.5 Å². The fraction of sp³-hybridized carbons (Fsp3) is 0.181. The molecule has 8 aromatic carbocycles. The van der Waals surface area contributed by atoms with Gasteiger partial charge in [0.05, 0.1) is 30.5 Å². The summed E-state index contributed by atoms with van der Waals surface area (Å²) in [4.78, 5) is 14.3. The minimum absolute atomic E-state index is 0. The smallest absolute Gasteiger partial charge is 0.501 e. The number of rotatable bonds is 9. The fourth-order valence-electron chi connectivity index (χ4n) is 9.85. The van der Waals surface area contributed by atoms with Crippen LogP contribution in [0.1, 0.15) is 77.0 Å². The van der Waals surface area contributed by atoms with Crippen molar-refractivity contribution in [2.75, 3.05) is 0 Å². The van der Waals surface area contributed by atoms with Crippen molar-refractivity contribution in [3.05, 3.63) is 247 Å². The van der Waals surface area contributed by atoms with Gasteiger partial charge < -0.3 is 19.0 Å². The molecule has 12 rings (SSSR count). The van der Waals surface area contributed by atoms with Gasteiger partial charge in [-0.25, -0.2) is 0 Å². The first-order valence-electron chi connectivity index (χ1n) is 27.1. The number of fused-ring (bicyclic) bond motifs is 4. The van der Waals surface area contributed by atoms with Crippen LogP contribution in [-0.4, -0.2) is 27.6 Å². The van der Waals surface area contributed by atoms with E-state index in [4.69, 9.17) is 9.40 Å². The molecule has 0 aliphatic heterocycles. The molecule has 0 atom stereocenters. The van der Waals surface area contributed by atoms with Crippen LogP contribution in [0.15, 0.2) is 217 Å². The van der Waals surface area contributed by atoms with E-state index in [0.29, 0.717) is 0 Å². The van der Waals surface area contributed by atoms with E-state index < -0.39 is 8.07 Å². The first-order valence-corrected chi connectivity index (χ1v) is 30.6. The molecule has 0 bridgehead atoms. The average Bonchev–Trinajstić information content (AvgIpc) is 4.22. The minimum atomic E-state index is -1.23. The van der Waals surface area contributed by atoms with Gasteiger partial charge in [-0.05, 0) is 103 Å². The van der Waals surface area contributed by atoms with Crippen molar-refractivity contribution in [3.63, 3.8) is 0 Å². The number of nitrogens with zero attached hydrogens (tertiary/aromatic N) is 4. The summed E-state index contributed by atoms with van der Waals surface area (Å²) in [5, 5.41) is 3.55. The zero-order chi connectivity index (χ0) is 54.6. The van der Waals surface area contributed by atoms with Gasteiger partial charge in [0.15, 0.2) is 0 Å². The first kappa shape index (κ1) is 55.9. The van der Waals surface area contributed by atoms with Gasteiger partial charge in [-0.1, -0.05) is 188 Å². The Morgan fingerprint density at radius 1 is 0.519 bits per heavy atom. The standard InChI is InChI=1S/C43H35N2O.C15H16N.C14H16NSi.Ir/c1-27(2)36-24-32(30-16-9-6-10-17-30)25-37(28(3)4)41(36)45-39-21-12-11-20-38(39)44-43(45)35-19-13-18-34-33-23-22-31(26-40(33)46-42(34)35)29-14-7-5-8-15-29;1-15(2,3)13-9-10-14(16-11-13)12-7-5-4-6-8-12;1-16(2,3)13-9-10-14(15-11-13)12-7-5-4-6-8-12;/h5-18,20-28H,1-4H3;2*4-7,9-11H,1-3H3;/q3*-1;+3. The SMILES string of the molecule is CC(C)(C)c1ccc(-c2[c-]cccc2)nc1.CC(C)c1cc(-c2ccccc2)cc(C(C)C)c1-n1c(-c2[c-]ccc3c2oc2cc(-c4ccccc4)ccc23)nc2ccccc21.C[Si](C)(C)c1ccc(-c2[c-]cccc2)nc1.[Ir+3].